The molecule has 0 aliphatic heterocycles. The molecule has 0 aliphatic rings. The number of nitrogens with one attached hydrogen (secondary N) is 1. The first-order chi connectivity index (χ1) is 8.93. The van der Waals surface area contributed by atoms with Gasteiger partial charge in [0, 0.05) is 0 Å². The largest absolute Gasteiger partial charge is 0.480 e. The minimum Gasteiger partial charge on any atom is -0.480 e. The van der Waals surface area contributed by atoms with Gasteiger partial charge in [0.25, 0.3) is 0 Å². The molecule has 0 saturated heterocycles. The third kappa shape index (κ3) is 4.35. The molecule has 0 radical (unpaired) electrons. The number of aryl methyl sites for hydroxylation is 2. The maximum atomic E-state index is 11.7. The maximum absolute atomic E-state index is 11.7. The summed E-state index contributed by atoms with van der Waals surface area (Å²) in [6.07, 6.45) is 5.08. The van der Waals surface area contributed by atoms with E-state index in [2.05, 4.69) is 16.2 Å². The summed E-state index contributed by atoms with van der Waals surface area (Å²) in [6.45, 7) is 3.09. The number of terminal acetylenes is 1. The number of hydrogen-bond donors (Lipinski definition) is 2. The first-order valence-corrected chi connectivity index (χ1v) is 5.55. The second-order valence-corrected chi connectivity index (χ2v) is 3.86. The molecule has 2 amide bonds. The number of nitrogens with zero attached hydrogens (tertiary/aromatic N) is 2. The molecule has 0 saturated carbocycles. The van der Waals surface area contributed by atoms with Gasteiger partial charge in [-0.3, -0.25) is 4.79 Å². The van der Waals surface area contributed by atoms with Gasteiger partial charge in [0.1, 0.15) is 12.3 Å². The number of carboxylic acid groups (broad SMARTS) is 1. The van der Waals surface area contributed by atoms with E-state index in [0.717, 1.165) is 10.6 Å². The lowest BCUT2D eigenvalue weighted by molar-refractivity contribution is -0.137. The fourth-order valence-electron chi connectivity index (χ4n) is 1.35. The molecule has 0 spiro atoms. The van der Waals surface area contributed by atoms with Crippen LogP contribution in [0.2, 0.25) is 0 Å². The summed E-state index contributed by atoms with van der Waals surface area (Å²) in [6, 6.07) is -0.575. The molecule has 7 nitrogen and oxygen atoms in total. The van der Waals surface area contributed by atoms with Crippen LogP contribution < -0.4 is 5.32 Å². The topological polar surface area (TPSA) is 95.7 Å². The molecule has 0 fully saturated rings. The summed E-state index contributed by atoms with van der Waals surface area (Å²) < 4.78 is 5.28. The van der Waals surface area contributed by atoms with Crippen molar-refractivity contribution in [2.24, 2.45) is 0 Å². The van der Waals surface area contributed by atoms with E-state index >= 15 is 0 Å². The highest BCUT2D eigenvalue weighted by Crippen LogP contribution is 2.07. The lowest BCUT2D eigenvalue weighted by atomic mass is 10.4. The fourth-order valence-corrected chi connectivity index (χ4v) is 1.35. The van der Waals surface area contributed by atoms with Gasteiger partial charge >= 0.3 is 12.0 Å². The number of aromatic nitrogens is 1. The number of aliphatic carboxylic acids is 1. The Morgan fingerprint density at radius 3 is 2.68 bits per heavy atom. The van der Waals surface area contributed by atoms with Crippen LogP contribution in [0.15, 0.2) is 4.42 Å². The second-order valence-electron chi connectivity index (χ2n) is 3.86. The van der Waals surface area contributed by atoms with Gasteiger partial charge < -0.3 is 19.7 Å². The number of hydrogen-bond acceptors (Lipinski definition) is 4. The number of carbonyl (C=O) groups excluding carboxylic acids is 1. The molecule has 0 aromatic carbocycles. The number of oxazole rings is 1. The molecule has 1 aromatic rings. The second kappa shape index (κ2) is 6.44. The molecule has 1 rings (SSSR count). The highest BCUT2D eigenvalue weighted by atomic mass is 16.4. The number of rotatable bonds is 5. The van der Waals surface area contributed by atoms with Crippen LogP contribution in [0.1, 0.15) is 17.3 Å². The average Bonchev–Trinajstić information content (AvgIpc) is 2.65. The van der Waals surface area contributed by atoms with E-state index in [-0.39, 0.29) is 13.1 Å². The Bertz CT molecular complexity index is 496. The Morgan fingerprint density at radius 2 is 2.21 bits per heavy atom. The normalized spacial score (nSPS) is 9.74. The van der Waals surface area contributed by atoms with Crippen molar-refractivity contribution in [3.8, 4) is 12.3 Å². The lowest BCUT2D eigenvalue weighted by Gasteiger charge is -2.17. The summed E-state index contributed by atoms with van der Waals surface area (Å²) >= 11 is 0. The van der Waals surface area contributed by atoms with Crippen molar-refractivity contribution in [1.29, 1.82) is 0 Å². The fraction of sp³-hybridized carbons (Fsp3) is 0.417. The zero-order chi connectivity index (χ0) is 14.4. The average molecular weight is 265 g/mol. The van der Waals surface area contributed by atoms with Crippen LogP contribution in [-0.4, -0.2) is 40.1 Å². The zero-order valence-electron chi connectivity index (χ0n) is 10.8. The smallest absolute Gasteiger partial charge is 0.323 e. The van der Waals surface area contributed by atoms with Gasteiger partial charge in [-0.2, -0.15) is 0 Å². The molecular weight excluding hydrogens is 250 g/mol. The first kappa shape index (κ1) is 14.6. The molecular formula is C12H15N3O4. The van der Waals surface area contributed by atoms with Crippen LogP contribution in [0.3, 0.4) is 0 Å². The van der Waals surface area contributed by atoms with E-state index in [0.29, 0.717) is 11.7 Å². The van der Waals surface area contributed by atoms with Gasteiger partial charge in [-0.1, -0.05) is 5.92 Å². The maximum Gasteiger partial charge on any atom is 0.323 e. The highest BCUT2D eigenvalue weighted by Gasteiger charge is 2.16. The van der Waals surface area contributed by atoms with Crippen molar-refractivity contribution < 1.29 is 19.1 Å². The molecule has 2 N–H and O–H groups in total. The van der Waals surface area contributed by atoms with Gasteiger partial charge in [-0.15, -0.1) is 6.42 Å². The van der Waals surface area contributed by atoms with Gasteiger partial charge in [0.15, 0.2) is 0 Å². The number of amides is 2. The monoisotopic (exact) mass is 265 g/mol. The molecule has 0 bridgehead atoms. The quantitative estimate of drug-likeness (QED) is 0.757. The van der Waals surface area contributed by atoms with Crippen LogP contribution >= 0.6 is 0 Å². The molecule has 0 atom stereocenters. The lowest BCUT2D eigenvalue weighted by Crippen LogP contribution is -2.42. The van der Waals surface area contributed by atoms with Crippen LogP contribution in [-0.2, 0) is 11.3 Å². The molecule has 19 heavy (non-hydrogen) atoms. The summed E-state index contributed by atoms with van der Waals surface area (Å²) in [7, 11) is 0. The van der Waals surface area contributed by atoms with Crippen molar-refractivity contribution in [2.75, 3.05) is 13.1 Å². The molecule has 1 aromatic heterocycles. The van der Waals surface area contributed by atoms with Crippen molar-refractivity contribution in [3.63, 3.8) is 0 Å². The first-order valence-electron chi connectivity index (χ1n) is 5.55. The zero-order valence-corrected chi connectivity index (χ0v) is 10.8. The van der Waals surface area contributed by atoms with E-state index in [1.165, 1.54) is 0 Å². The van der Waals surface area contributed by atoms with Crippen molar-refractivity contribution >= 4 is 12.0 Å². The molecule has 7 heteroatoms. The Hall–Kier alpha value is -2.49. The van der Waals surface area contributed by atoms with Crippen molar-refractivity contribution in [2.45, 2.75) is 20.4 Å². The van der Waals surface area contributed by atoms with E-state index in [1.54, 1.807) is 13.8 Å². The van der Waals surface area contributed by atoms with Crippen LogP contribution in [0.5, 0.6) is 0 Å². The molecule has 1 heterocycles. The predicted octanol–water partition coefficient (Wildman–Crippen LogP) is 0.521. The molecule has 0 unspecified atom stereocenters. The van der Waals surface area contributed by atoms with E-state index < -0.39 is 18.5 Å². The van der Waals surface area contributed by atoms with E-state index in [9.17, 15) is 9.59 Å². The minimum absolute atomic E-state index is 0.0776. The third-order valence-corrected chi connectivity index (χ3v) is 2.36. The van der Waals surface area contributed by atoms with Gasteiger partial charge in [-0.05, 0) is 13.8 Å². The van der Waals surface area contributed by atoms with Crippen molar-refractivity contribution in [1.82, 2.24) is 15.2 Å². The Morgan fingerprint density at radius 1 is 1.53 bits per heavy atom. The summed E-state index contributed by atoms with van der Waals surface area (Å²) in [4.78, 5) is 27.4. The van der Waals surface area contributed by atoms with Gasteiger partial charge in [0.05, 0.1) is 18.8 Å². The Labute approximate surface area is 110 Å². The Balaban J connectivity index is 2.57. The highest BCUT2D eigenvalue weighted by molar-refractivity contribution is 5.80. The summed E-state index contributed by atoms with van der Waals surface area (Å²) in [5.74, 6) is 2.13. The number of carboxylic acids is 1. The standard InChI is InChI=1S/C12H15N3O4/c1-4-5-15(7-11(16)17)12(18)13-6-10-14-8(2)9(3)19-10/h1H,5-7H2,2-3H3,(H,13,18)(H,16,17). The van der Waals surface area contributed by atoms with Gasteiger partial charge in [-0.25, -0.2) is 9.78 Å². The number of urea groups is 1. The molecule has 102 valence electrons. The minimum atomic E-state index is -1.13. The van der Waals surface area contributed by atoms with Crippen LogP contribution in [0.4, 0.5) is 4.79 Å². The third-order valence-electron chi connectivity index (χ3n) is 2.36. The van der Waals surface area contributed by atoms with Crippen LogP contribution in [0, 0.1) is 26.2 Å². The van der Waals surface area contributed by atoms with Gasteiger partial charge in [0.2, 0.25) is 5.89 Å². The van der Waals surface area contributed by atoms with Crippen molar-refractivity contribution in [3.05, 3.63) is 17.3 Å². The predicted molar refractivity (Wildman–Crippen MR) is 66.3 cm³/mol. The van der Waals surface area contributed by atoms with E-state index in [1.807, 2.05) is 0 Å². The molecule has 0 aliphatic carbocycles. The number of carbonyl (C=O) groups is 2. The summed E-state index contributed by atoms with van der Waals surface area (Å²) in [5.41, 5.74) is 0.746. The van der Waals surface area contributed by atoms with Crippen LogP contribution in [0.25, 0.3) is 0 Å². The van der Waals surface area contributed by atoms with E-state index in [4.69, 9.17) is 15.9 Å². The summed E-state index contributed by atoms with van der Waals surface area (Å²) in [5, 5.41) is 11.2. The Kier molecular flexibility index (Phi) is 4.94. The SMILES string of the molecule is C#CCN(CC(=O)O)C(=O)NCc1nc(C)c(C)o1.